The van der Waals surface area contributed by atoms with Crippen molar-refractivity contribution in [2.75, 3.05) is 21.0 Å². The molecule has 7 heteroatoms. The summed E-state index contributed by atoms with van der Waals surface area (Å²) in [6.45, 7) is 0.174. The van der Waals surface area contributed by atoms with Crippen molar-refractivity contribution in [3.63, 3.8) is 0 Å². The first-order valence-electron chi connectivity index (χ1n) is 6.27. The van der Waals surface area contributed by atoms with E-state index in [9.17, 15) is 9.59 Å². The Hall–Kier alpha value is -1.76. The number of methoxy groups -OCH3 is 2. The van der Waals surface area contributed by atoms with Crippen molar-refractivity contribution in [1.82, 2.24) is 0 Å². The molecule has 0 N–H and O–H groups in total. The SMILES string of the molecule is COC(=O)CC(Cc1cc2c(cc1Br)OCO2)C(=O)OC. The molecular formula is C14H15BrO6. The van der Waals surface area contributed by atoms with Crippen molar-refractivity contribution in [2.45, 2.75) is 12.8 Å². The molecular weight excluding hydrogens is 344 g/mol. The van der Waals surface area contributed by atoms with Crippen LogP contribution in [-0.4, -0.2) is 33.0 Å². The summed E-state index contributed by atoms with van der Waals surface area (Å²) in [5, 5.41) is 0. The second kappa shape index (κ2) is 6.80. The molecule has 0 saturated carbocycles. The van der Waals surface area contributed by atoms with E-state index in [4.69, 9.17) is 14.2 Å². The van der Waals surface area contributed by atoms with Gasteiger partial charge in [-0.25, -0.2) is 0 Å². The van der Waals surface area contributed by atoms with Crippen LogP contribution in [0.1, 0.15) is 12.0 Å². The van der Waals surface area contributed by atoms with Crippen molar-refractivity contribution in [1.29, 1.82) is 0 Å². The molecule has 0 radical (unpaired) electrons. The van der Waals surface area contributed by atoms with E-state index in [0.29, 0.717) is 17.9 Å². The van der Waals surface area contributed by atoms with Gasteiger partial charge in [0, 0.05) is 4.47 Å². The van der Waals surface area contributed by atoms with Gasteiger partial charge in [0.15, 0.2) is 11.5 Å². The molecule has 1 heterocycles. The van der Waals surface area contributed by atoms with E-state index in [2.05, 4.69) is 20.7 Å². The third-order valence-corrected chi connectivity index (χ3v) is 3.92. The molecule has 0 spiro atoms. The van der Waals surface area contributed by atoms with E-state index in [-0.39, 0.29) is 13.2 Å². The Morgan fingerprint density at radius 1 is 1.24 bits per heavy atom. The van der Waals surface area contributed by atoms with E-state index in [0.717, 1.165) is 10.0 Å². The lowest BCUT2D eigenvalue weighted by atomic mass is 9.96. The Kier molecular flexibility index (Phi) is 5.06. The zero-order chi connectivity index (χ0) is 15.4. The first-order chi connectivity index (χ1) is 10.0. The molecule has 2 rings (SSSR count). The highest BCUT2D eigenvalue weighted by Gasteiger charge is 2.26. The maximum atomic E-state index is 11.8. The van der Waals surface area contributed by atoms with Crippen LogP contribution in [-0.2, 0) is 25.5 Å². The van der Waals surface area contributed by atoms with Crippen LogP contribution in [0.15, 0.2) is 16.6 Å². The van der Waals surface area contributed by atoms with Crippen LogP contribution >= 0.6 is 15.9 Å². The molecule has 21 heavy (non-hydrogen) atoms. The molecule has 0 fully saturated rings. The Morgan fingerprint density at radius 2 is 1.90 bits per heavy atom. The van der Waals surface area contributed by atoms with Gasteiger partial charge in [-0.1, -0.05) is 15.9 Å². The van der Waals surface area contributed by atoms with Gasteiger partial charge in [0.05, 0.1) is 26.6 Å². The van der Waals surface area contributed by atoms with E-state index in [1.165, 1.54) is 14.2 Å². The summed E-state index contributed by atoms with van der Waals surface area (Å²) in [4.78, 5) is 23.2. The van der Waals surface area contributed by atoms with E-state index >= 15 is 0 Å². The minimum atomic E-state index is -0.612. The zero-order valence-electron chi connectivity index (χ0n) is 11.7. The number of benzene rings is 1. The van der Waals surface area contributed by atoms with Crippen molar-refractivity contribution >= 4 is 27.9 Å². The van der Waals surface area contributed by atoms with Crippen molar-refractivity contribution < 1.29 is 28.5 Å². The van der Waals surface area contributed by atoms with Crippen LogP contribution in [0, 0.1) is 5.92 Å². The van der Waals surface area contributed by atoms with Gasteiger partial charge >= 0.3 is 11.9 Å². The highest BCUT2D eigenvalue weighted by atomic mass is 79.9. The second-order valence-electron chi connectivity index (χ2n) is 4.50. The normalized spacial score (nSPS) is 13.7. The number of carbonyl (C=O) groups is 2. The third-order valence-electron chi connectivity index (χ3n) is 3.18. The van der Waals surface area contributed by atoms with Crippen LogP contribution in [0.4, 0.5) is 0 Å². The predicted octanol–water partition coefficient (Wildman–Crippen LogP) is 2.07. The van der Waals surface area contributed by atoms with Crippen molar-refractivity contribution in [2.24, 2.45) is 5.92 Å². The lowest BCUT2D eigenvalue weighted by molar-refractivity contribution is -0.152. The number of esters is 2. The van der Waals surface area contributed by atoms with Gasteiger partial charge in [-0.2, -0.15) is 0 Å². The second-order valence-corrected chi connectivity index (χ2v) is 5.36. The smallest absolute Gasteiger partial charge is 0.309 e. The van der Waals surface area contributed by atoms with Crippen molar-refractivity contribution in [3.05, 3.63) is 22.2 Å². The topological polar surface area (TPSA) is 71.1 Å². The summed E-state index contributed by atoms with van der Waals surface area (Å²) in [5.74, 6) is -0.255. The van der Waals surface area contributed by atoms with Crippen LogP contribution < -0.4 is 9.47 Å². The van der Waals surface area contributed by atoms with Crippen molar-refractivity contribution in [3.8, 4) is 11.5 Å². The van der Waals surface area contributed by atoms with E-state index in [1.54, 1.807) is 12.1 Å². The van der Waals surface area contributed by atoms with Gasteiger partial charge in [0.25, 0.3) is 0 Å². The Labute approximate surface area is 130 Å². The lowest BCUT2D eigenvalue weighted by Gasteiger charge is -2.15. The van der Waals surface area contributed by atoms with Crippen LogP contribution in [0.5, 0.6) is 11.5 Å². The van der Waals surface area contributed by atoms with Gasteiger partial charge < -0.3 is 18.9 Å². The first-order valence-corrected chi connectivity index (χ1v) is 7.07. The van der Waals surface area contributed by atoms with E-state index in [1.807, 2.05) is 0 Å². The molecule has 1 atom stereocenters. The Morgan fingerprint density at radius 3 is 2.52 bits per heavy atom. The molecule has 1 aliphatic rings. The molecule has 1 aromatic rings. The molecule has 1 aromatic carbocycles. The zero-order valence-corrected chi connectivity index (χ0v) is 13.3. The van der Waals surface area contributed by atoms with Gasteiger partial charge in [-0.15, -0.1) is 0 Å². The van der Waals surface area contributed by atoms with Gasteiger partial charge in [-0.3, -0.25) is 9.59 Å². The fourth-order valence-corrected chi connectivity index (χ4v) is 2.56. The minimum absolute atomic E-state index is 0.0376. The fourth-order valence-electron chi connectivity index (χ4n) is 2.07. The number of hydrogen-bond acceptors (Lipinski definition) is 6. The molecule has 1 unspecified atom stereocenters. The Bertz CT molecular complexity index is 557. The van der Waals surface area contributed by atoms with Crippen LogP contribution in [0.3, 0.4) is 0 Å². The minimum Gasteiger partial charge on any atom is -0.469 e. The lowest BCUT2D eigenvalue weighted by Crippen LogP contribution is -2.22. The van der Waals surface area contributed by atoms with Gasteiger partial charge in [-0.05, 0) is 24.1 Å². The average Bonchev–Trinajstić information content (AvgIpc) is 2.92. The number of rotatable bonds is 5. The predicted molar refractivity (Wildman–Crippen MR) is 76.1 cm³/mol. The summed E-state index contributed by atoms with van der Waals surface area (Å²) < 4.78 is 20.7. The Balaban J connectivity index is 2.20. The van der Waals surface area contributed by atoms with Gasteiger partial charge in [0.2, 0.25) is 6.79 Å². The molecule has 0 amide bonds. The van der Waals surface area contributed by atoms with E-state index < -0.39 is 17.9 Å². The fraction of sp³-hybridized carbons (Fsp3) is 0.429. The highest BCUT2D eigenvalue weighted by molar-refractivity contribution is 9.10. The molecule has 114 valence electrons. The number of carbonyl (C=O) groups excluding carboxylic acids is 2. The van der Waals surface area contributed by atoms with Crippen LogP contribution in [0.2, 0.25) is 0 Å². The third kappa shape index (κ3) is 3.66. The molecule has 6 nitrogen and oxygen atoms in total. The average molecular weight is 359 g/mol. The summed E-state index contributed by atoms with van der Waals surface area (Å²) in [7, 11) is 2.58. The molecule has 0 aromatic heterocycles. The van der Waals surface area contributed by atoms with Crippen LogP contribution in [0.25, 0.3) is 0 Å². The number of fused-ring (bicyclic) bond motifs is 1. The quantitative estimate of drug-likeness (QED) is 0.750. The standard InChI is InChI=1S/C14H15BrO6/c1-18-13(16)5-9(14(17)19-2)3-8-4-11-12(6-10(8)15)21-7-20-11/h4,6,9H,3,5,7H2,1-2H3. The largest absolute Gasteiger partial charge is 0.469 e. The number of halogens is 1. The molecule has 1 aliphatic heterocycles. The maximum absolute atomic E-state index is 11.8. The summed E-state index contributed by atoms with van der Waals surface area (Å²) >= 11 is 3.43. The molecule has 0 saturated heterocycles. The monoisotopic (exact) mass is 358 g/mol. The highest BCUT2D eigenvalue weighted by Crippen LogP contribution is 2.38. The summed E-state index contributed by atoms with van der Waals surface area (Å²) in [6, 6.07) is 3.57. The first kappa shape index (κ1) is 15.6. The number of hydrogen-bond donors (Lipinski definition) is 0. The maximum Gasteiger partial charge on any atom is 0.309 e. The number of ether oxygens (including phenoxy) is 4. The summed E-state index contributed by atoms with van der Waals surface area (Å²) in [5.41, 5.74) is 0.832. The van der Waals surface area contributed by atoms with Gasteiger partial charge in [0.1, 0.15) is 0 Å². The molecule has 0 aliphatic carbocycles. The molecule has 0 bridgehead atoms. The summed E-state index contributed by atoms with van der Waals surface area (Å²) in [6.07, 6.45) is 0.295.